The zero-order chi connectivity index (χ0) is 15.5. The van der Waals surface area contributed by atoms with Crippen LogP contribution in [0.25, 0.3) is 0 Å². The molecule has 0 aliphatic heterocycles. The summed E-state index contributed by atoms with van der Waals surface area (Å²) in [5, 5.41) is 0. The molecule has 0 atom stereocenters. The van der Waals surface area contributed by atoms with E-state index >= 15 is 0 Å². The third-order valence-electron chi connectivity index (χ3n) is 3.08. The fourth-order valence-electron chi connectivity index (χ4n) is 1.85. The van der Waals surface area contributed by atoms with E-state index < -0.39 is 10.1 Å². The molecular weight excluding hydrogens is 288 g/mol. The third-order valence-corrected chi connectivity index (χ3v) is 4.34. The highest BCUT2D eigenvalue weighted by atomic mass is 32.2. The van der Waals surface area contributed by atoms with Crippen molar-refractivity contribution in [2.75, 3.05) is 7.11 Å². The third kappa shape index (κ3) is 3.76. The van der Waals surface area contributed by atoms with E-state index in [0.717, 1.165) is 5.56 Å². The predicted octanol–water partition coefficient (Wildman–Crippen LogP) is 3.59. The van der Waals surface area contributed by atoms with Gasteiger partial charge in [0.25, 0.3) is 0 Å². The maximum absolute atomic E-state index is 12.2. The Morgan fingerprint density at radius 2 is 1.57 bits per heavy atom. The maximum Gasteiger partial charge on any atom is 0.339 e. The molecule has 0 radical (unpaired) electrons. The molecule has 0 N–H and O–H groups in total. The topological polar surface area (TPSA) is 52.6 Å². The number of rotatable bonds is 5. The molecule has 0 unspecified atom stereocenters. The maximum atomic E-state index is 12.2. The number of benzene rings is 2. The monoisotopic (exact) mass is 306 g/mol. The van der Waals surface area contributed by atoms with Crippen LogP contribution in [0.5, 0.6) is 11.5 Å². The Morgan fingerprint density at radius 3 is 2.14 bits per heavy atom. The second kappa shape index (κ2) is 6.18. The van der Waals surface area contributed by atoms with Crippen LogP contribution in [0.4, 0.5) is 0 Å². The summed E-state index contributed by atoms with van der Waals surface area (Å²) in [7, 11) is -2.32. The molecule has 0 spiro atoms. The van der Waals surface area contributed by atoms with Crippen molar-refractivity contribution in [1.82, 2.24) is 0 Å². The van der Waals surface area contributed by atoms with Crippen LogP contribution in [0.15, 0.2) is 53.4 Å². The van der Waals surface area contributed by atoms with Gasteiger partial charge in [0, 0.05) is 6.07 Å². The van der Waals surface area contributed by atoms with Crippen LogP contribution < -0.4 is 8.92 Å². The SMILES string of the molecule is COc1cccc(OS(=O)(=O)c2ccc(C(C)C)cc2)c1. The van der Waals surface area contributed by atoms with E-state index in [2.05, 4.69) is 13.8 Å². The van der Waals surface area contributed by atoms with E-state index in [-0.39, 0.29) is 10.6 Å². The highest BCUT2D eigenvalue weighted by Crippen LogP contribution is 2.24. The summed E-state index contributed by atoms with van der Waals surface area (Å²) in [6, 6.07) is 13.2. The Kier molecular flexibility index (Phi) is 4.53. The quantitative estimate of drug-likeness (QED) is 0.792. The zero-order valence-corrected chi connectivity index (χ0v) is 13.1. The molecule has 0 aromatic heterocycles. The van der Waals surface area contributed by atoms with Gasteiger partial charge in [-0.25, -0.2) is 0 Å². The van der Waals surface area contributed by atoms with E-state index in [1.165, 1.54) is 13.2 Å². The molecule has 2 aromatic rings. The molecule has 0 fully saturated rings. The van der Waals surface area contributed by atoms with Gasteiger partial charge in [-0.3, -0.25) is 0 Å². The summed E-state index contributed by atoms with van der Waals surface area (Å²) >= 11 is 0. The summed E-state index contributed by atoms with van der Waals surface area (Å²) in [6.07, 6.45) is 0. The number of hydrogen-bond acceptors (Lipinski definition) is 4. The second-order valence-electron chi connectivity index (χ2n) is 4.94. The van der Waals surface area contributed by atoms with Crippen LogP contribution in [0.3, 0.4) is 0 Å². The minimum atomic E-state index is -3.84. The minimum Gasteiger partial charge on any atom is -0.497 e. The lowest BCUT2D eigenvalue weighted by Crippen LogP contribution is -2.09. The Hall–Kier alpha value is -2.01. The van der Waals surface area contributed by atoms with Crippen molar-refractivity contribution in [2.24, 2.45) is 0 Å². The molecule has 5 heteroatoms. The first-order valence-corrected chi connectivity index (χ1v) is 8.01. The molecule has 2 rings (SSSR count). The van der Waals surface area contributed by atoms with Crippen molar-refractivity contribution in [3.05, 3.63) is 54.1 Å². The average Bonchev–Trinajstić information content (AvgIpc) is 2.47. The predicted molar refractivity (Wildman–Crippen MR) is 81.3 cm³/mol. The number of hydrogen-bond donors (Lipinski definition) is 0. The Bertz CT molecular complexity index is 703. The molecule has 0 aliphatic carbocycles. The fraction of sp³-hybridized carbons (Fsp3) is 0.250. The molecule has 0 saturated carbocycles. The van der Waals surface area contributed by atoms with Crippen molar-refractivity contribution in [3.63, 3.8) is 0 Å². The van der Waals surface area contributed by atoms with E-state index in [4.69, 9.17) is 8.92 Å². The average molecular weight is 306 g/mol. The molecule has 21 heavy (non-hydrogen) atoms. The lowest BCUT2D eigenvalue weighted by molar-refractivity contribution is 0.411. The molecule has 0 aliphatic rings. The van der Waals surface area contributed by atoms with Gasteiger partial charge in [0.05, 0.1) is 7.11 Å². The van der Waals surface area contributed by atoms with E-state index in [0.29, 0.717) is 11.7 Å². The molecular formula is C16H18O4S. The highest BCUT2D eigenvalue weighted by Gasteiger charge is 2.17. The van der Waals surface area contributed by atoms with E-state index in [9.17, 15) is 8.42 Å². The van der Waals surface area contributed by atoms with Gasteiger partial charge in [-0.2, -0.15) is 8.42 Å². The van der Waals surface area contributed by atoms with Gasteiger partial charge in [-0.05, 0) is 35.7 Å². The molecule has 112 valence electrons. The zero-order valence-electron chi connectivity index (χ0n) is 12.2. The first kappa shape index (κ1) is 15.4. The van der Waals surface area contributed by atoms with Crippen molar-refractivity contribution in [2.45, 2.75) is 24.7 Å². The van der Waals surface area contributed by atoms with Gasteiger partial charge < -0.3 is 8.92 Å². The first-order valence-electron chi connectivity index (χ1n) is 6.61. The van der Waals surface area contributed by atoms with Crippen molar-refractivity contribution < 1.29 is 17.3 Å². The van der Waals surface area contributed by atoms with Gasteiger partial charge in [0.2, 0.25) is 0 Å². The number of ether oxygens (including phenoxy) is 1. The molecule has 0 bridgehead atoms. The molecule has 0 amide bonds. The van der Waals surface area contributed by atoms with Crippen LogP contribution in [0.1, 0.15) is 25.3 Å². The van der Waals surface area contributed by atoms with Crippen LogP contribution >= 0.6 is 0 Å². The molecule has 2 aromatic carbocycles. The van der Waals surface area contributed by atoms with Crippen LogP contribution in [0.2, 0.25) is 0 Å². The van der Waals surface area contributed by atoms with Crippen molar-refractivity contribution in [1.29, 1.82) is 0 Å². The Morgan fingerprint density at radius 1 is 0.952 bits per heavy atom. The molecule has 0 saturated heterocycles. The Balaban J connectivity index is 2.25. The van der Waals surface area contributed by atoms with Gasteiger partial charge in [0.15, 0.2) is 0 Å². The van der Waals surface area contributed by atoms with Crippen molar-refractivity contribution in [3.8, 4) is 11.5 Å². The van der Waals surface area contributed by atoms with Crippen molar-refractivity contribution >= 4 is 10.1 Å². The smallest absolute Gasteiger partial charge is 0.339 e. The standard InChI is InChI=1S/C16H18O4S/c1-12(2)13-7-9-16(10-8-13)21(17,18)20-15-6-4-5-14(11-15)19-3/h4-12H,1-3H3. The van der Waals surface area contributed by atoms with Crippen LogP contribution in [-0.4, -0.2) is 15.5 Å². The fourth-order valence-corrected chi connectivity index (χ4v) is 2.77. The Labute approximate surface area is 125 Å². The normalized spacial score (nSPS) is 11.4. The molecule has 0 heterocycles. The summed E-state index contributed by atoms with van der Waals surface area (Å²) in [5.74, 6) is 1.11. The van der Waals surface area contributed by atoms with E-state index in [1.807, 2.05) is 0 Å². The van der Waals surface area contributed by atoms with Gasteiger partial charge in [-0.1, -0.05) is 32.0 Å². The largest absolute Gasteiger partial charge is 0.497 e. The van der Waals surface area contributed by atoms with Crippen LogP contribution in [-0.2, 0) is 10.1 Å². The van der Waals surface area contributed by atoms with Gasteiger partial charge >= 0.3 is 10.1 Å². The van der Waals surface area contributed by atoms with Gasteiger partial charge in [-0.15, -0.1) is 0 Å². The lowest BCUT2D eigenvalue weighted by Gasteiger charge is -2.10. The van der Waals surface area contributed by atoms with Gasteiger partial charge in [0.1, 0.15) is 16.4 Å². The minimum absolute atomic E-state index is 0.134. The van der Waals surface area contributed by atoms with Crippen LogP contribution in [0, 0.1) is 0 Å². The number of methoxy groups -OCH3 is 1. The summed E-state index contributed by atoms with van der Waals surface area (Å²) in [6.45, 7) is 4.10. The summed E-state index contributed by atoms with van der Waals surface area (Å²) < 4.78 is 34.6. The van der Waals surface area contributed by atoms with E-state index in [1.54, 1.807) is 42.5 Å². The summed E-state index contributed by atoms with van der Waals surface area (Å²) in [4.78, 5) is 0.134. The second-order valence-corrected chi connectivity index (χ2v) is 6.49. The first-order chi connectivity index (χ1) is 9.92. The molecule has 4 nitrogen and oxygen atoms in total. The lowest BCUT2D eigenvalue weighted by atomic mass is 10.0. The highest BCUT2D eigenvalue weighted by molar-refractivity contribution is 7.87. The summed E-state index contributed by atoms with van der Waals surface area (Å²) in [5.41, 5.74) is 1.08.